The van der Waals surface area contributed by atoms with Gasteiger partial charge in [-0.1, -0.05) is 34.1 Å². The molecule has 3 aromatic rings. The third-order valence-corrected chi connectivity index (χ3v) is 6.54. The van der Waals surface area contributed by atoms with Crippen molar-refractivity contribution in [1.29, 1.82) is 0 Å². The van der Waals surface area contributed by atoms with Gasteiger partial charge in [0.05, 0.1) is 11.7 Å². The van der Waals surface area contributed by atoms with Gasteiger partial charge in [-0.25, -0.2) is 0 Å². The van der Waals surface area contributed by atoms with E-state index in [1.807, 2.05) is 42.6 Å². The second-order valence-corrected chi connectivity index (χ2v) is 8.74. The minimum absolute atomic E-state index is 0.218. The topological polar surface area (TPSA) is 80.3 Å². The molecular formula is C24H26BrN3O2. The van der Waals surface area contributed by atoms with E-state index in [1.165, 1.54) is 5.56 Å². The molecule has 0 spiro atoms. The second-order valence-electron chi connectivity index (χ2n) is 7.88. The number of hydrogen-bond acceptors (Lipinski definition) is 3. The lowest BCUT2D eigenvalue weighted by molar-refractivity contribution is 0.100. The van der Waals surface area contributed by atoms with E-state index in [1.54, 1.807) is 6.07 Å². The quantitative estimate of drug-likeness (QED) is 0.493. The van der Waals surface area contributed by atoms with E-state index in [9.17, 15) is 9.90 Å². The molecule has 30 heavy (non-hydrogen) atoms. The van der Waals surface area contributed by atoms with Crippen molar-refractivity contribution in [2.45, 2.75) is 44.2 Å². The number of halogens is 1. The maximum atomic E-state index is 12.0. The molecule has 1 saturated carbocycles. The zero-order valence-corrected chi connectivity index (χ0v) is 18.3. The van der Waals surface area contributed by atoms with Gasteiger partial charge in [0.25, 0.3) is 5.91 Å². The lowest BCUT2D eigenvalue weighted by atomic mass is 9.92. The highest BCUT2D eigenvalue weighted by atomic mass is 79.9. The number of nitrogens with two attached hydrogens (primary N) is 1. The van der Waals surface area contributed by atoms with Crippen LogP contribution in [0.5, 0.6) is 0 Å². The number of carbonyl (C=O) groups excluding carboxylic acids is 1. The normalized spacial score (nSPS) is 18.9. The fourth-order valence-corrected chi connectivity index (χ4v) is 4.53. The Kier molecular flexibility index (Phi) is 6.25. The molecule has 0 aliphatic heterocycles. The van der Waals surface area contributed by atoms with Crippen molar-refractivity contribution in [1.82, 2.24) is 4.57 Å². The Bertz CT molecular complexity index is 1040. The molecule has 6 heteroatoms. The summed E-state index contributed by atoms with van der Waals surface area (Å²) >= 11 is 3.63. The van der Waals surface area contributed by atoms with Gasteiger partial charge in [-0.05, 0) is 67.6 Å². The molecule has 5 nitrogen and oxygen atoms in total. The summed E-state index contributed by atoms with van der Waals surface area (Å²) in [5.74, 6) is -0.444. The number of nitrogens with zero attached hydrogens (tertiary/aromatic N) is 1. The number of primary amides is 1. The van der Waals surface area contributed by atoms with Gasteiger partial charge in [0.2, 0.25) is 0 Å². The zero-order valence-electron chi connectivity index (χ0n) is 16.7. The van der Waals surface area contributed by atoms with E-state index >= 15 is 0 Å². The molecule has 2 aromatic carbocycles. The van der Waals surface area contributed by atoms with Crippen LogP contribution in [0.25, 0.3) is 5.69 Å². The number of nitrogens with one attached hydrogen (secondary N) is 1. The molecular weight excluding hydrogens is 442 g/mol. The largest absolute Gasteiger partial charge is 0.393 e. The Balaban J connectivity index is 1.63. The zero-order chi connectivity index (χ0) is 21.1. The van der Waals surface area contributed by atoms with Crippen molar-refractivity contribution in [3.63, 3.8) is 0 Å². The first kappa shape index (κ1) is 20.7. The standard InChI is InChI=1S/C24H26BrN3O2/c25-22-6-2-1-4-16(22)14-18-5-3-13-28(18)19-9-12-21(24(26)30)23(15-19)27-17-7-10-20(29)11-8-17/h1-6,9,12-13,15,17,20,27,29H,7-8,10-11,14H2,(H2,26,30). The molecule has 1 aromatic heterocycles. The van der Waals surface area contributed by atoms with Crippen LogP contribution in [0.1, 0.15) is 47.3 Å². The third kappa shape index (κ3) is 4.60. The summed E-state index contributed by atoms with van der Waals surface area (Å²) in [6.07, 6.45) is 5.90. The van der Waals surface area contributed by atoms with Crippen LogP contribution in [0.2, 0.25) is 0 Å². The maximum Gasteiger partial charge on any atom is 0.250 e. The minimum atomic E-state index is -0.444. The number of aliphatic hydroxyl groups excluding tert-OH is 1. The Labute approximate surface area is 185 Å². The first-order chi connectivity index (χ1) is 14.5. The smallest absolute Gasteiger partial charge is 0.250 e. The molecule has 1 amide bonds. The predicted molar refractivity (Wildman–Crippen MR) is 123 cm³/mol. The summed E-state index contributed by atoms with van der Waals surface area (Å²) < 4.78 is 3.23. The maximum absolute atomic E-state index is 12.0. The van der Waals surface area contributed by atoms with E-state index < -0.39 is 5.91 Å². The summed E-state index contributed by atoms with van der Waals surface area (Å²) in [7, 11) is 0. The molecule has 156 valence electrons. The van der Waals surface area contributed by atoms with Crippen LogP contribution in [0.4, 0.5) is 5.69 Å². The number of benzene rings is 2. The van der Waals surface area contributed by atoms with Gasteiger partial charge >= 0.3 is 0 Å². The fourth-order valence-electron chi connectivity index (χ4n) is 4.11. The Morgan fingerprint density at radius 1 is 1.10 bits per heavy atom. The Morgan fingerprint density at radius 2 is 1.87 bits per heavy atom. The van der Waals surface area contributed by atoms with E-state index in [0.717, 1.165) is 53.6 Å². The van der Waals surface area contributed by atoms with Crippen molar-refractivity contribution in [3.8, 4) is 5.69 Å². The van der Waals surface area contributed by atoms with Crippen molar-refractivity contribution < 1.29 is 9.90 Å². The molecule has 0 radical (unpaired) electrons. The average Bonchev–Trinajstić information content (AvgIpc) is 3.19. The van der Waals surface area contributed by atoms with Gasteiger partial charge in [-0.15, -0.1) is 0 Å². The van der Waals surface area contributed by atoms with E-state index in [0.29, 0.717) is 5.56 Å². The van der Waals surface area contributed by atoms with E-state index in [-0.39, 0.29) is 12.1 Å². The average molecular weight is 468 g/mol. The highest BCUT2D eigenvalue weighted by Gasteiger charge is 2.21. The van der Waals surface area contributed by atoms with Gasteiger partial charge in [0.15, 0.2) is 0 Å². The summed E-state index contributed by atoms with van der Waals surface area (Å²) in [5, 5.41) is 13.3. The molecule has 0 bridgehead atoms. The lowest BCUT2D eigenvalue weighted by Gasteiger charge is -2.28. The van der Waals surface area contributed by atoms with Gasteiger partial charge in [0.1, 0.15) is 0 Å². The number of anilines is 1. The number of hydrogen-bond donors (Lipinski definition) is 3. The van der Waals surface area contributed by atoms with Crippen molar-refractivity contribution in [3.05, 3.63) is 82.1 Å². The number of aromatic nitrogens is 1. The lowest BCUT2D eigenvalue weighted by Crippen LogP contribution is -2.29. The highest BCUT2D eigenvalue weighted by molar-refractivity contribution is 9.10. The first-order valence-electron chi connectivity index (χ1n) is 10.3. The van der Waals surface area contributed by atoms with Crippen molar-refractivity contribution >= 4 is 27.5 Å². The van der Waals surface area contributed by atoms with Gasteiger partial charge in [0, 0.05) is 40.2 Å². The number of rotatable bonds is 6. The molecule has 1 fully saturated rings. The molecule has 4 rings (SSSR count). The van der Waals surface area contributed by atoms with Crippen molar-refractivity contribution in [2.24, 2.45) is 5.73 Å². The first-order valence-corrected chi connectivity index (χ1v) is 11.1. The predicted octanol–water partition coefficient (Wildman–Crippen LogP) is 4.64. The molecule has 1 aliphatic carbocycles. The van der Waals surface area contributed by atoms with Crippen LogP contribution in [0, 0.1) is 0 Å². The van der Waals surface area contributed by atoms with E-state index in [4.69, 9.17) is 5.73 Å². The molecule has 0 unspecified atom stereocenters. The van der Waals surface area contributed by atoms with Crippen LogP contribution in [-0.2, 0) is 6.42 Å². The van der Waals surface area contributed by atoms with Crippen LogP contribution < -0.4 is 11.1 Å². The molecule has 1 aliphatic rings. The van der Waals surface area contributed by atoms with Crippen LogP contribution in [-0.4, -0.2) is 27.7 Å². The molecule has 0 saturated heterocycles. The van der Waals surface area contributed by atoms with Crippen LogP contribution in [0.3, 0.4) is 0 Å². The fraction of sp³-hybridized carbons (Fsp3) is 0.292. The SMILES string of the molecule is NC(=O)c1ccc(-n2cccc2Cc2ccccc2Br)cc1NC1CCC(O)CC1. The Hall–Kier alpha value is -2.57. The second kappa shape index (κ2) is 9.06. The molecule has 4 N–H and O–H groups in total. The highest BCUT2D eigenvalue weighted by Crippen LogP contribution is 2.28. The monoisotopic (exact) mass is 467 g/mol. The van der Waals surface area contributed by atoms with Gasteiger partial charge < -0.3 is 20.7 Å². The number of amides is 1. The van der Waals surface area contributed by atoms with Crippen molar-refractivity contribution in [2.75, 3.05) is 5.32 Å². The number of carbonyl (C=O) groups is 1. The molecule has 0 atom stereocenters. The third-order valence-electron chi connectivity index (χ3n) is 5.77. The van der Waals surface area contributed by atoms with Gasteiger partial charge in [-0.2, -0.15) is 0 Å². The number of aliphatic hydroxyl groups is 1. The minimum Gasteiger partial charge on any atom is -0.393 e. The van der Waals surface area contributed by atoms with Gasteiger partial charge in [-0.3, -0.25) is 4.79 Å². The molecule has 1 heterocycles. The van der Waals surface area contributed by atoms with Crippen LogP contribution in [0.15, 0.2) is 65.3 Å². The summed E-state index contributed by atoms with van der Waals surface area (Å²) in [6.45, 7) is 0. The van der Waals surface area contributed by atoms with E-state index in [2.05, 4.69) is 37.9 Å². The Morgan fingerprint density at radius 3 is 2.60 bits per heavy atom. The summed E-state index contributed by atoms with van der Waals surface area (Å²) in [5.41, 5.74) is 10.2. The summed E-state index contributed by atoms with van der Waals surface area (Å²) in [4.78, 5) is 12.0. The summed E-state index contributed by atoms with van der Waals surface area (Å²) in [6, 6.07) is 18.3. The van der Waals surface area contributed by atoms with Crippen LogP contribution >= 0.6 is 15.9 Å².